The second-order valence-corrected chi connectivity index (χ2v) is 5.23. The second kappa shape index (κ2) is 5.27. The van der Waals surface area contributed by atoms with Gasteiger partial charge in [0.15, 0.2) is 0 Å². The van der Waals surface area contributed by atoms with Gasteiger partial charge in [-0.1, -0.05) is 0 Å². The molecule has 1 saturated heterocycles. The van der Waals surface area contributed by atoms with Gasteiger partial charge in [-0.3, -0.25) is 9.48 Å². The number of aromatic nitrogens is 2. The van der Waals surface area contributed by atoms with Crippen LogP contribution in [0, 0.1) is 11.6 Å². The van der Waals surface area contributed by atoms with Crippen LogP contribution in [-0.4, -0.2) is 27.1 Å². The Labute approximate surface area is 121 Å². The molecule has 4 nitrogen and oxygen atoms in total. The van der Waals surface area contributed by atoms with Crippen molar-refractivity contribution < 1.29 is 13.6 Å². The quantitative estimate of drug-likeness (QED) is 0.853. The minimum absolute atomic E-state index is 0.0906. The minimum atomic E-state index is -0.822. The van der Waals surface area contributed by atoms with Gasteiger partial charge in [0.25, 0.3) is 5.91 Å². The Morgan fingerprint density at radius 3 is 2.86 bits per heavy atom. The average molecular weight is 291 g/mol. The molecule has 2 heterocycles. The maximum absolute atomic E-state index is 13.8. The summed E-state index contributed by atoms with van der Waals surface area (Å²) in [6.45, 7) is 0.565. The lowest BCUT2D eigenvalue weighted by atomic mass is 10.1. The number of aryl methyl sites for hydroxylation is 1. The number of likely N-dealkylation sites (tertiary alicyclic amines) is 1. The number of halogens is 2. The van der Waals surface area contributed by atoms with E-state index in [0.717, 1.165) is 30.5 Å². The summed E-state index contributed by atoms with van der Waals surface area (Å²) in [5.41, 5.74) is 0.845. The van der Waals surface area contributed by atoms with E-state index in [-0.39, 0.29) is 11.6 Å². The summed E-state index contributed by atoms with van der Waals surface area (Å²) in [5.74, 6) is -1.91. The fraction of sp³-hybridized carbons (Fsp3) is 0.333. The van der Waals surface area contributed by atoms with Crippen molar-refractivity contribution in [1.29, 1.82) is 0 Å². The van der Waals surface area contributed by atoms with Gasteiger partial charge >= 0.3 is 0 Å². The van der Waals surface area contributed by atoms with Crippen LogP contribution in [0.1, 0.15) is 34.8 Å². The van der Waals surface area contributed by atoms with Crippen LogP contribution in [0.15, 0.2) is 30.6 Å². The summed E-state index contributed by atoms with van der Waals surface area (Å²) in [4.78, 5) is 14.1. The maximum Gasteiger partial charge on any atom is 0.257 e. The van der Waals surface area contributed by atoms with Gasteiger partial charge in [-0.25, -0.2) is 8.78 Å². The first-order chi connectivity index (χ1) is 10.1. The van der Waals surface area contributed by atoms with Crippen molar-refractivity contribution in [3.05, 3.63) is 53.4 Å². The molecule has 1 aliphatic rings. The fourth-order valence-electron chi connectivity index (χ4n) is 2.79. The van der Waals surface area contributed by atoms with Crippen LogP contribution in [0.2, 0.25) is 0 Å². The maximum atomic E-state index is 13.8. The van der Waals surface area contributed by atoms with Gasteiger partial charge in [-0.15, -0.1) is 0 Å². The van der Waals surface area contributed by atoms with Gasteiger partial charge in [-0.05, 0) is 25.0 Å². The Hall–Kier alpha value is -2.24. The number of amides is 1. The number of benzene rings is 1. The van der Waals surface area contributed by atoms with Crippen LogP contribution in [-0.2, 0) is 7.05 Å². The van der Waals surface area contributed by atoms with E-state index in [1.807, 2.05) is 13.2 Å². The average Bonchev–Trinajstić information content (AvgIpc) is 3.06. The van der Waals surface area contributed by atoms with Crippen LogP contribution in [0.25, 0.3) is 0 Å². The molecule has 1 aromatic heterocycles. The number of carbonyl (C=O) groups is 1. The summed E-state index contributed by atoms with van der Waals surface area (Å²) in [7, 11) is 1.81. The number of hydrogen-bond acceptors (Lipinski definition) is 2. The van der Waals surface area contributed by atoms with Crippen molar-refractivity contribution in [3.8, 4) is 0 Å². The molecular weight excluding hydrogens is 276 g/mol. The van der Waals surface area contributed by atoms with E-state index in [1.54, 1.807) is 15.8 Å². The molecule has 0 spiro atoms. The molecule has 3 rings (SSSR count). The number of carbonyl (C=O) groups excluding carboxylic acids is 1. The first kappa shape index (κ1) is 13.7. The van der Waals surface area contributed by atoms with Gasteiger partial charge in [0.05, 0.1) is 17.8 Å². The molecule has 1 aliphatic heterocycles. The van der Waals surface area contributed by atoms with Crippen LogP contribution < -0.4 is 0 Å². The Kier molecular flexibility index (Phi) is 3.45. The van der Waals surface area contributed by atoms with Crippen LogP contribution in [0.4, 0.5) is 8.78 Å². The molecule has 6 heteroatoms. The zero-order valence-electron chi connectivity index (χ0n) is 11.6. The van der Waals surface area contributed by atoms with E-state index in [2.05, 4.69) is 5.10 Å². The summed E-state index contributed by atoms with van der Waals surface area (Å²) in [6, 6.07) is 2.94. The SMILES string of the molecule is Cn1cc(C2CCCN2C(=O)c2ccc(F)cc2F)cn1. The molecule has 0 N–H and O–H groups in total. The zero-order chi connectivity index (χ0) is 15.0. The van der Waals surface area contributed by atoms with Gasteiger partial charge in [0, 0.05) is 31.4 Å². The second-order valence-electron chi connectivity index (χ2n) is 5.23. The van der Waals surface area contributed by atoms with Crippen molar-refractivity contribution in [2.24, 2.45) is 7.05 Å². The molecule has 0 bridgehead atoms. The molecule has 21 heavy (non-hydrogen) atoms. The van der Waals surface area contributed by atoms with Gasteiger partial charge in [0.1, 0.15) is 11.6 Å². The summed E-state index contributed by atoms with van der Waals surface area (Å²) < 4.78 is 28.4. The molecule has 1 unspecified atom stereocenters. The highest BCUT2D eigenvalue weighted by Gasteiger charge is 2.32. The van der Waals surface area contributed by atoms with Crippen molar-refractivity contribution in [2.45, 2.75) is 18.9 Å². The predicted molar refractivity (Wildman–Crippen MR) is 72.6 cm³/mol. The Bertz CT molecular complexity index is 683. The minimum Gasteiger partial charge on any atom is -0.331 e. The van der Waals surface area contributed by atoms with Crippen molar-refractivity contribution >= 4 is 5.91 Å². The molecule has 1 amide bonds. The number of rotatable bonds is 2. The third kappa shape index (κ3) is 2.53. The summed E-state index contributed by atoms with van der Waals surface area (Å²) >= 11 is 0. The first-order valence-corrected chi connectivity index (χ1v) is 6.81. The Morgan fingerprint density at radius 1 is 1.38 bits per heavy atom. The van der Waals surface area contributed by atoms with E-state index in [4.69, 9.17) is 0 Å². The molecule has 110 valence electrons. The van der Waals surface area contributed by atoms with Crippen LogP contribution in [0.5, 0.6) is 0 Å². The third-order valence-electron chi connectivity index (χ3n) is 3.78. The molecule has 0 radical (unpaired) electrons. The smallest absolute Gasteiger partial charge is 0.257 e. The summed E-state index contributed by atoms with van der Waals surface area (Å²) in [5, 5.41) is 4.11. The first-order valence-electron chi connectivity index (χ1n) is 6.81. The summed E-state index contributed by atoms with van der Waals surface area (Å²) in [6.07, 6.45) is 5.25. The molecule has 0 saturated carbocycles. The molecular formula is C15H15F2N3O. The lowest BCUT2D eigenvalue weighted by Crippen LogP contribution is -2.31. The highest BCUT2D eigenvalue weighted by molar-refractivity contribution is 5.95. The van der Waals surface area contributed by atoms with E-state index in [1.165, 1.54) is 6.07 Å². The van der Waals surface area contributed by atoms with Gasteiger partial charge in [0.2, 0.25) is 0 Å². The van der Waals surface area contributed by atoms with Gasteiger partial charge < -0.3 is 4.90 Å². The molecule has 0 aliphatic carbocycles. The topological polar surface area (TPSA) is 38.1 Å². The van der Waals surface area contributed by atoms with Crippen LogP contribution in [0.3, 0.4) is 0 Å². The normalized spacial score (nSPS) is 18.2. The van der Waals surface area contributed by atoms with E-state index in [9.17, 15) is 13.6 Å². The molecule has 1 atom stereocenters. The van der Waals surface area contributed by atoms with Crippen molar-refractivity contribution in [2.75, 3.05) is 6.54 Å². The standard InChI is InChI=1S/C15H15F2N3O/c1-19-9-10(8-18-19)14-3-2-6-20(14)15(21)12-5-4-11(16)7-13(12)17/h4-5,7-9,14H,2-3,6H2,1H3. The number of nitrogens with zero attached hydrogens (tertiary/aromatic N) is 3. The Balaban J connectivity index is 1.89. The highest BCUT2D eigenvalue weighted by atomic mass is 19.1. The Morgan fingerprint density at radius 2 is 2.19 bits per heavy atom. The van der Waals surface area contributed by atoms with E-state index in [0.29, 0.717) is 6.54 Å². The van der Waals surface area contributed by atoms with Gasteiger partial charge in [-0.2, -0.15) is 5.10 Å². The lowest BCUT2D eigenvalue weighted by molar-refractivity contribution is 0.0731. The fourth-order valence-corrected chi connectivity index (χ4v) is 2.79. The van der Waals surface area contributed by atoms with Crippen LogP contribution >= 0.6 is 0 Å². The van der Waals surface area contributed by atoms with Crippen molar-refractivity contribution in [3.63, 3.8) is 0 Å². The monoisotopic (exact) mass is 291 g/mol. The van der Waals surface area contributed by atoms with E-state index < -0.39 is 17.5 Å². The highest BCUT2D eigenvalue weighted by Crippen LogP contribution is 2.33. The molecule has 1 fully saturated rings. The zero-order valence-corrected chi connectivity index (χ0v) is 11.6. The third-order valence-corrected chi connectivity index (χ3v) is 3.78. The largest absolute Gasteiger partial charge is 0.331 e. The predicted octanol–water partition coefficient (Wildman–Crippen LogP) is 2.68. The molecule has 1 aromatic carbocycles. The van der Waals surface area contributed by atoms with E-state index >= 15 is 0 Å². The number of hydrogen-bond donors (Lipinski definition) is 0. The van der Waals surface area contributed by atoms with Crippen molar-refractivity contribution in [1.82, 2.24) is 14.7 Å². The molecule has 2 aromatic rings. The lowest BCUT2D eigenvalue weighted by Gasteiger charge is -2.24.